The molecule has 0 aliphatic heterocycles. The molecule has 0 unspecified atom stereocenters. The lowest BCUT2D eigenvalue weighted by Gasteiger charge is -2.09. The number of rotatable bonds is 7. The Morgan fingerprint density at radius 2 is 1.92 bits per heavy atom. The third-order valence-electron chi connectivity index (χ3n) is 3.23. The Balaban J connectivity index is 1.98. The van der Waals surface area contributed by atoms with Gasteiger partial charge in [0.1, 0.15) is 11.5 Å². The molecule has 0 radical (unpaired) electrons. The summed E-state index contributed by atoms with van der Waals surface area (Å²) in [5.41, 5.74) is 0.347. The molecule has 10 heteroatoms. The van der Waals surface area contributed by atoms with Crippen LogP contribution in [0.2, 0.25) is 0 Å². The van der Waals surface area contributed by atoms with Crippen LogP contribution in [0.3, 0.4) is 0 Å². The summed E-state index contributed by atoms with van der Waals surface area (Å²) in [6.45, 7) is 2.75. The van der Waals surface area contributed by atoms with Gasteiger partial charge in [0.05, 0.1) is 20.8 Å². The SMILES string of the molecule is CCCCn1nnc(NC(=S)NC(=O)c2cc(OC)cc(OC)c2)n1. The summed E-state index contributed by atoms with van der Waals surface area (Å²) >= 11 is 5.11. The lowest BCUT2D eigenvalue weighted by molar-refractivity contribution is 0.0977. The van der Waals surface area contributed by atoms with Gasteiger partial charge in [0, 0.05) is 11.6 Å². The van der Waals surface area contributed by atoms with E-state index in [9.17, 15) is 4.79 Å². The molecule has 1 aromatic carbocycles. The van der Waals surface area contributed by atoms with Crippen molar-refractivity contribution in [2.75, 3.05) is 19.5 Å². The Kier molecular flexibility index (Phi) is 6.63. The molecule has 25 heavy (non-hydrogen) atoms. The number of benzene rings is 1. The first kappa shape index (κ1) is 18.6. The summed E-state index contributed by atoms with van der Waals surface area (Å²) in [4.78, 5) is 13.8. The van der Waals surface area contributed by atoms with E-state index in [1.807, 2.05) is 0 Å². The number of hydrogen-bond donors (Lipinski definition) is 2. The molecule has 1 amide bonds. The van der Waals surface area contributed by atoms with E-state index in [1.54, 1.807) is 18.2 Å². The normalized spacial score (nSPS) is 10.2. The van der Waals surface area contributed by atoms with Crippen LogP contribution in [0.15, 0.2) is 18.2 Å². The average Bonchev–Trinajstić information content (AvgIpc) is 3.06. The summed E-state index contributed by atoms with van der Waals surface area (Å²) in [6, 6.07) is 4.84. The molecule has 2 N–H and O–H groups in total. The standard InChI is InChI=1S/C15H20N6O3S/c1-4-5-6-21-19-14(18-20-21)17-15(25)16-13(22)10-7-11(23-2)9-12(8-10)24-3/h7-9H,4-6H2,1-3H3,(H2,16,17,19,22,25). The fraction of sp³-hybridized carbons (Fsp3) is 0.400. The molecule has 0 saturated carbocycles. The Morgan fingerprint density at radius 1 is 1.24 bits per heavy atom. The number of nitrogens with one attached hydrogen (secondary N) is 2. The van der Waals surface area contributed by atoms with Crippen LogP contribution in [0, 0.1) is 0 Å². The lowest BCUT2D eigenvalue weighted by Crippen LogP contribution is -2.34. The first-order chi connectivity index (χ1) is 12.0. The second-order valence-corrected chi connectivity index (χ2v) is 5.48. The van der Waals surface area contributed by atoms with Crippen LogP contribution in [0.5, 0.6) is 11.5 Å². The fourth-order valence-corrected chi connectivity index (χ4v) is 2.12. The fourth-order valence-electron chi connectivity index (χ4n) is 1.93. The highest BCUT2D eigenvalue weighted by atomic mass is 32.1. The molecule has 1 aromatic heterocycles. The Morgan fingerprint density at radius 3 is 2.52 bits per heavy atom. The predicted molar refractivity (Wildman–Crippen MR) is 96.0 cm³/mol. The van der Waals surface area contributed by atoms with Crippen molar-refractivity contribution in [2.24, 2.45) is 0 Å². The van der Waals surface area contributed by atoms with Gasteiger partial charge in [-0.25, -0.2) is 0 Å². The topological polar surface area (TPSA) is 103 Å². The maximum absolute atomic E-state index is 12.3. The Hall–Kier alpha value is -2.75. The van der Waals surface area contributed by atoms with Crippen molar-refractivity contribution in [1.82, 2.24) is 25.5 Å². The van der Waals surface area contributed by atoms with Crippen molar-refractivity contribution in [3.63, 3.8) is 0 Å². The molecule has 2 rings (SSSR count). The summed E-state index contributed by atoms with van der Waals surface area (Å²) in [7, 11) is 3.02. The average molecular weight is 364 g/mol. The smallest absolute Gasteiger partial charge is 0.269 e. The first-order valence-electron chi connectivity index (χ1n) is 7.69. The number of thiocarbonyl (C=S) groups is 1. The summed E-state index contributed by atoms with van der Waals surface area (Å²) in [6.07, 6.45) is 1.98. The number of nitrogens with zero attached hydrogens (tertiary/aromatic N) is 4. The van der Waals surface area contributed by atoms with Gasteiger partial charge in [-0.3, -0.25) is 15.4 Å². The molecule has 0 saturated heterocycles. The molecule has 0 fully saturated rings. The molecule has 134 valence electrons. The molecule has 9 nitrogen and oxygen atoms in total. The number of unbranched alkanes of at least 4 members (excludes halogenated alkanes) is 1. The monoisotopic (exact) mass is 364 g/mol. The van der Waals surface area contributed by atoms with Gasteiger partial charge in [-0.05, 0) is 36.0 Å². The number of methoxy groups -OCH3 is 2. The lowest BCUT2D eigenvalue weighted by atomic mass is 10.2. The molecule has 0 aliphatic rings. The van der Waals surface area contributed by atoms with E-state index in [0.29, 0.717) is 23.6 Å². The molecule has 0 spiro atoms. The van der Waals surface area contributed by atoms with Crippen molar-refractivity contribution < 1.29 is 14.3 Å². The van der Waals surface area contributed by atoms with Crippen molar-refractivity contribution in [2.45, 2.75) is 26.3 Å². The number of anilines is 1. The van der Waals surface area contributed by atoms with Crippen LogP contribution in [-0.2, 0) is 6.54 Å². The molecule has 0 atom stereocenters. The molecule has 1 heterocycles. The van der Waals surface area contributed by atoms with Crippen LogP contribution in [0.25, 0.3) is 0 Å². The second-order valence-electron chi connectivity index (χ2n) is 5.07. The zero-order valence-corrected chi connectivity index (χ0v) is 15.1. The van der Waals surface area contributed by atoms with Crippen molar-refractivity contribution in [3.8, 4) is 11.5 Å². The molecular formula is C15H20N6O3S. The quantitative estimate of drug-likeness (QED) is 0.715. The van der Waals surface area contributed by atoms with Crippen LogP contribution < -0.4 is 20.1 Å². The highest BCUT2D eigenvalue weighted by molar-refractivity contribution is 7.80. The van der Waals surface area contributed by atoms with Gasteiger partial charge in [-0.1, -0.05) is 18.4 Å². The number of amides is 1. The van der Waals surface area contributed by atoms with Gasteiger partial charge in [-0.15, -0.1) is 5.10 Å². The molecule has 0 bridgehead atoms. The van der Waals surface area contributed by atoms with Gasteiger partial charge in [0.15, 0.2) is 5.11 Å². The minimum absolute atomic E-state index is 0.0711. The van der Waals surface area contributed by atoms with E-state index in [0.717, 1.165) is 12.8 Å². The summed E-state index contributed by atoms with van der Waals surface area (Å²) in [5.74, 6) is 0.825. The highest BCUT2D eigenvalue weighted by Gasteiger charge is 2.13. The number of aryl methyl sites for hydroxylation is 1. The van der Waals surface area contributed by atoms with Crippen LogP contribution >= 0.6 is 12.2 Å². The number of carbonyl (C=O) groups excluding carboxylic acids is 1. The third-order valence-corrected chi connectivity index (χ3v) is 3.43. The number of tetrazole rings is 1. The van der Waals surface area contributed by atoms with E-state index < -0.39 is 5.91 Å². The highest BCUT2D eigenvalue weighted by Crippen LogP contribution is 2.22. The predicted octanol–water partition coefficient (Wildman–Crippen LogP) is 1.62. The van der Waals surface area contributed by atoms with E-state index in [2.05, 4.69) is 33.0 Å². The van der Waals surface area contributed by atoms with Crippen LogP contribution in [0.4, 0.5) is 5.95 Å². The van der Waals surface area contributed by atoms with Crippen LogP contribution in [-0.4, -0.2) is 45.4 Å². The van der Waals surface area contributed by atoms with Gasteiger partial charge in [0.2, 0.25) is 0 Å². The van der Waals surface area contributed by atoms with E-state index in [-0.39, 0.29) is 11.1 Å². The van der Waals surface area contributed by atoms with Gasteiger partial charge >= 0.3 is 0 Å². The summed E-state index contributed by atoms with van der Waals surface area (Å²) < 4.78 is 10.3. The van der Waals surface area contributed by atoms with Crippen molar-refractivity contribution in [1.29, 1.82) is 0 Å². The number of ether oxygens (including phenoxy) is 2. The maximum Gasteiger partial charge on any atom is 0.269 e. The maximum atomic E-state index is 12.3. The largest absolute Gasteiger partial charge is 0.497 e. The van der Waals surface area contributed by atoms with Gasteiger partial charge in [-0.2, -0.15) is 4.80 Å². The summed E-state index contributed by atoms with van der Waals surface area (Å²) in [5, 5.41) is 17.2. The third kappa shape index (κ3) is 5.38. The molecule has 0 aliphatic carbocycles. The van der Waals surface area contributed by atoms with E-state index >= 15 is 0 Å². The van der Waals surface area contributed by atoms with Crippen LogP contribution in [0.1, 0.15) is 30.1 Å². The zero-order chi connectivity index (χ0) is 18.2. The second kappa shape index (κ2) is 8.92. The van der Waals surface area contributed by atoms with E-state index in [1.165, 1.54) is 19.0 Å². The van der Waals surface area contributed by atoms with Crippen molar-refractivity contribution >= 4 is 29.2 Å². The number of aromatic nitrogens is 4. The minimum atomic E-state index is -0.409. The first-order valence-corrected chi connectivity index (χ1v) is 8.09. The number of carbonyl (C=O) groups is 1. The van der Waals surface area contributed by atoms with Gasteiger partial charge in [0.25, 0.3) is 11.9 Å². The molecular weight excluding hydrogens is 344 g/mol. The number of hydrogen-bond acceptors (Lipinski definition) is 7. The van der Waals surface area contributed by atoms with Crippen molar-refractivity contribution in [3.05, 3.63) is 23.8 Å². The van der Waals surface area contributed by atoms with E-state index in [4.69, 9.17) is 21.7 Å². The zero-order valence-electron chi connectivity index (χ0n) is 14.3. The molecule has 2 aromatic rings. The minimum Gasteiger partial charge on any atom is -0.497 e. The Labute approximate surface area is 150 Å². The Bertz CT molecular complexity index is 726. The van der Waals surface area contributed by atoms with Gasteiger partial charge < -0.3 is 9.47 Å².